The molecule has 0 spiro atoms. The molecule has 1 aliphatic heterocycles. The van der Waals surface area contributed by atoms with Gasteiger partial charge in [0.05, 0.1) is 17.9 Å². The van der Waals surface area contributed by atoms with Crippen molar-refractivity contribution in [3.05, 3.63) is 70.4 Å². The lowest BCUT2D eigenvalue weighted by molar-refractivity contribution is -0.120. The predicted octanol–water partition coefficient (Wildman–Crippen LogP) is 3.50. The maximum absolute atomic E-state index is 12.9. The molecule has 0 atom stereocenters. The molecule has 2 aromatic rings. The highest BCUT2D eigenvalue weighted by molar-refractivity contribution is 6.53. The number of nitrogens with one attached hydrogen (secondary N) is 1. The Morgan fingerprint density at radius 2 is 1.69 bits per heavy atom. The highest BCUT2D eigenvalue weighted by Crippen LogP contribution is 2.32. The van der Waals surface area contributed by atoms with Crippen LogP contribution in [0.5, 0.6) is 0 Å². The zero-order chi connectivity index (χ0) is 21.1. The highest BCUT2D eigenvalue weighted by Gasteiger charge is 2.40. The number of ether oxygens (including phenoxy) is 1. The Hall–Kier alpha value is -3.45. The fourth-order valence-electron chi connectivity index (χ4n) is 2.81. The number of imide groups is 1. The number of rotatable bonds is 6. The number of carbonyl (C=O) groups excluding carboxylic acids is 4. The minimum Gasteiger partial charge on any atom is -0.462 e. The van der Waals surface area contributed by atoms with Gasteiger partial charge in [-0.1, -0.05) is 23.7 Å². The van der Waals surface area contributed by atoms with E-state index in [0.29, 0.717) is 11.3 Å². The van der Waals surface area contributed by atoms with E-state index in [1.807, 2.05) is 0 Å². The molecule has 1 aliphatic rings. The van der Waals surface area contributed by atoms with E-state index in [1.54, 1.807) is 43.3 Å². The van der Waals surface area contributed by atoms with Crippen LogP contribution in [0, 0.1) is 0 Å². The largest absolute Gasteiger partial charge is 0.462 e. The fraction of sp³-hybridized carbons (Fsp3) is 0.143. The zero-order valence-corrected chi connectivity index (χ0v) is 16.4. The molecule has 0 bridgehead atoms. The quantitative estimate of drug-likeness (QED) is 0.443. The Labute approximate surface area is 171 Å². The summed E-state index contributed by atoms with van der Waals surface area (Å²) in [6.07, 6.45) is 0. The first-order valence-electron chi connectivity index (χ1n) is 8.77. The van der Waals surface area contributed by atoms with Gasteiger partial charge in [0.25, 0.3) is 11.8 Å². The van der Waals surface area contributed by atoms with Gasteiger partial charge in [0.2, 0.25) is 0 Å². The third kappa shape index (κ3) is 3.90. The number of para-hydroxylation sites is 1. The molecule has 0 radical (unpaired) electrons. The van der Waals surface area contributed by atoms with Gasteiger partial charge in [-0.15, -0.1) is 0 Å². The van der Waals surface area contributed by atoms with Gasteiger partial charge in [-0.05, 0) is 50.2 Å². The Balaban J connectivity index is 1.91. The van der Waals surface area contributed by atoms with Crippen molar-refractivity contribution >= 4 is 46.5 Å². The zero-order valence-electron chi connectivity index (χ0n) is 15.7. The Morgan fingerprint density at radius 3 is 2.31 bits per heavy atom. The van der Waals surface area contributed by atoms with E-state index in [4.69, 9.17) is 16.3 Å². The maximum atomic E-state index is 12.9. The summed E-state index contributed by atoms with van der Waals surface area (Å²) in [4.78, 5) is 50.0. The summed E-state index contributed by atoms with van der Waals surface area (Å²) in [5.74, 6) is -2.20. The van der Waals surface area contributed by atoms with E-state index < -0.39 is 17.8 Å². The van der Waals surface area contributed by atoms with E-state index in [1.165, 1.54) is 19.1 Å². The summed E-state index contributed by atoms with van der Waals surface area (Å²) in [7, 11) is 0. The topological polar surface area (TPSA) is 92.8 Å². The average molecular weight is 413 g/mol. The lowest BCUT2D eigenvalue weighted by Gasteiger charge is -2.18. The number of benzene rings is 2. The molecule has 2 amide bonds. The first kappa shape index (κ1) is 20.3. The van der Waals surface area contributed by atoms with Gasteiger partial charge < -0.3 is 10.1 Å². The van der Waals surface area contributed by atoms with Crippen LogP contribution in [0.1, 0.15) is 34.6 Å². The summed E-state index contributed by atoms with van der Waals surface area (Å²) >= 11 is 6.13. The summed E-state index contributed by atoms with van der Waals surface area (Å²) < 4.78 is 5.00. The first-order chi connectivity index (χ1) is 13.8. The molecule has 3 rings (SSSR count). The minimum absolute atomic E-state index is 0.0765. The van der Waals surface area contributed by atoms with Crippen LogP contribution in [-0.4, -0.2) is 30.2 Å². The van der Waals surface area contributed by atoms with Crippen molar-refractivity contribution in [1.82, 2.24) is 0 Å². The fourth-order valence-corrected chi connectivity index (χ4v) is 3.03. The summed E-state index contributed by atoms with van der Waals surface area (Å²) in [6.45, 7) is 3.25. The second-order valence-corrected chi connectivity index (χ2v) is 6.51. The number of anilines is 2. The summed E-state index contributed by atoms with van der Waals surface area (Å²) in [5.41, 5.74) is 1.03. The monoisotopic (exact) mass is 412 g/mol. The first-order valence-corrected chi connectivity index (χ1v) is 9.15. The second-order valence-electron chi connectivity index (χ2n) is 6.13. The van der Waals surface area contributed by atoms with Gasteiger partial charge in [0.1, 0.15) is 10.7 Å². The normalized spacial score (nSPS) is 13.7. The predicted molar refractivity (Wildman–Crippen MR) is 108 cm³/mol. The van der Waals surface area contributed by atoms with Crippen LogP contribution in [0.2, 0.25) is 0 Å². The number of nitrogens with zero attached hydrogens (tertiary/aromatic N) is 1. The Morgan fingerprint density at radius 1 is 1.03 bits per heavy atom. The van der Waals surface area contributed by atoms with Gasteiger partial charge >= 0.3 is 5.97 Å². The molecule has 8 heteroatoms. The number of Topliss-reactive ketones (excluding diaryl/α,β-unsaturated/α-hetero) is 1. The van der Waals surface area contributed by atoms with Crippen LogP contribution < -0.4 is 10.2 Å². The molecular weight excluding hydrogens is 396 g/mol. The van der Waals surface area contributed by atoms with Crippen molar-refractivity contribution in [3.63, 3.8) is 0 Å². The van der Waals surface area contributed by atoms with E-state index in [2.05, 4.69) is 5.32 Å². The molecule has 1 heterocycles. The smallest absolute Gasteiger partial charge is 0.340 e. The third-order valence-corrected chi connectivity index (χ3v) is 4.58. The van der Waals surface area contributed by atoms with Gasteiger partial charge in [0, 0.05) is 11.3 Å². The average Bonchev–Trinajstić information content (AvgIpc) is 2.92. The van der Waals surface area contributed by atoms with Crippen molar-refractivity contribution < 1.29 is 23.9 Å². The molecule has 0 fully saturated rings. The van der Waals surface area contributed by atoms with Gasteiger partial charge in [-0.2, -0.15) is 0 Å². The molecule has 29 heavy (non-hydrogen) atoms. The van der Waals surface area contributed by atoms with Crippen LogP contribution >= 0.6 is 11.6 Å². The number of halogens is 1. The number of hydrogen-bond acceptors (Lipinski definition) is 6. The van der Waals surface area contributed by atoms with Crippen LogP contribution in [0.15, 0.2) is 59.3 Å². The highest BCUT2D eigenvalue weighted by atomic mass is 35.5. The van der Waals surface area contributed by atoms with Crippen molar-refractivity contribution in [2.45, 2.75) is 13.8 Å². The van der Waals surface area contributed by atoms with Crippen LogP contribution in [0.3, 0.4) is 0 Å². The van der Waals surface area contributed by atoms with Crippen LogP contribution in [-0.2, 0) is 14.3 Å². The molecular formula is C21H17ClN2O5. The van der Waals surface area contributed by atoms with Gasteiger partial charge in [0.15, 0.2) is 5.78 Å². The lowest BCUT2D eigenvalue weighted by atomic mass is 10.1. The maximum Gasteiger partial charge on any atom is 0.340 e. The molecule has 148 valence electrons. The number of amides is 2. The van der Waals surface area contributed by atoms with E-state index in [9.17, 15) is 19.2 Å². The van der Waals surface area contributed by atoms with Crippen molar-refractivity contribution in [3.8, 4) is 0 Å². The number of esters is 1. The van der Waals surface area contributed by atoms with Crippen molar-refractivity contribution in [1.29, 1.82) is 0 Å². The summed E-state index contributed by atoms with van der Waals surface area (Å²) in [5, 5.41) is 2.52. The molecule has 0 unspecified atom stereocenters. The van der Waals surface area contributed by atoms with E-state index in [0.717, 1.165) is 4.90 Å². The third-order valence-electron chi connectivity index (χ3n) is 4.23. The van der Waals surface area contributed by atoms with E-state index in [-0.39, 0.29) is 34.4 Å². The SMILES string of the molecule is CCOC(=O)c1ccccc1N1C(=O)C(Cl)=C(Nc2ccc(C(C)=O)cc2)C1=O. The van der Waals surface area contributed by atoms with Crippen molar-refractivity contribution in [2.24, 2.45) is 0 Å². The van der Waals surface area contributed by atoms with Gasteiger partial charge in [-0.3, -0.25) is 14.4 Å². The molecule has 0 saturated carbocycles. The number of ketones is 1. The molecule has 7 nitrogen and oxygen atoms in total. The second kappa shape index (κ2) is 8.28. The Bertz CT molecular complexity index is 1040. The molecule has 0 aliphatic carbocycles. The Kier molecular flexibility index (Phi) is 5.79. The van der Waals surface area contributed by atoms with Crippen LogP contribution in [0.25, 0.3) is 0 Å². The number of carbonyl (C=O) groups is 4. The van der Waals surface area contributed by atoms with Gasteiger partial charge in [-0.25, -0.2) is 9.69 Å². The standard InChI is InChI=1S/C21H17ClN2O5/c1-3-29-21(28)15-6-4-5-7-16(15)24-19(26)17(22)18(20(24)27)23-14-10-8-13(9-11-14)12(2)25/h4-11,23H,3H2,1-2H3. The summed E-state index contributed by atoms with van der Waals surface area (Å²) in [6, 6.07) is 12.5. The molecule has 0 aromatic heterocycles. The molecule has 2 aromatic carbocycles. The van der Waals surface area contributed by atoms with Crippen molar-refractivity contribution in [2.75, 3.05) is 16.8 Å². The molecule has 1 N–H and O–H groups in total. The minimum atomic E-state index is -0.753. The number of hydrogen-bond donors (Lipinski definition) is 1. The van der Waals surface area contributed by atoms with Crippen LogP contribution in [0.4, 0.5) is 11.4 Å². The van der Waals surface area contributed by atoms with E-state index >= 15 is 0 Å². The lowest BCUT2D eigenvalue weighted by Crippen LogP contribution is -2.33. The molecule has 0 saturated heterocycles.